The van der Waals surface area contributed by atoms with Gasteiger partial charge in [-0.2, -0.15) is 0 Å². The van der Waals surface area contributed by atoms with Gasteiger partial charge in [0.15, 0.2) is 5.17 Å². The molecule has 1 aromatic rings. The van der Waals surface area contributed by atoms with E-state index in [-0.39, 0.29) is 10.4 Å². The predicted molar refractivity (Wildman–Crippen MR) is 79.6 cm³/mol. The van der Waals surface area contributed by atoms with E-state index in [2.05, 4.69) is 4.99 Å². The third-order valence-electron chi connectivity index (χ3n) is 3.08. The molecule has 2 unspecified atom stereocenters. The Bertz CT molecular complexity index is 507. The van der Waals surface area contributed by atoms with Crippen molar-refractivity contribution in [3.63, 3.8) is 0 Å². The van der Waals surface area contributed by atoms with Crippen LogP contribution in [0.5, 0.6) is 0 Å². The van der Waals surface area contributed by atoms with E-state index >= 15 is 0 Å². The van der Waals surface area contributed by atoms with Crippen molar-refractivity contribution in [1.29, 1.82) is 0 Å². The molecule has 0 saturated carbocycles. The SMILES string of the molecule is O=C(SC1CN=C2SCC(O)N2C1)c1ccccc1. The number of carbonyl (C=O) groups is 1. The number of nitrogens with zero attached hydrogens (tertiary/aromatic N) is 2. The average Bonchev–Trinajstić information content (AvgIpc) is 2.81. The Kier molecular flexibility index (Phi) is 3.81. The number of hydrogen-bond acceptors (Lipinski definition) is 6. The zero-order valence-electron chi connectivity index (χ0n) is 10.2. The number of aliphatic hydroxyl groups excluding tert-OH is 1. The Balaban J connectivity index is 1.64. The summed E-state index contributed by atoms with van der Waals surface area (Å²) in [5.74, 6) is 0.669. The van der Waals surface area contributed by atoms with Crippen LogP contribution >= 0.6 is 23.5 Å². The summed E-state index contributed by atoms with van der Waals surface area (Å²) in [5, 5.41) is 10.9. The summed E-state index contributed by atoms with van der Waals surface area (Å²) in [4.78, 5) is 18.5. The van der Waals surface area contributed by atoms with Crippen molar-refractivity contribution < 1.29 is 9.90 Å². The van der Waals surface area contributed by atoms with Gasteiger partial charge in [0.25, 0.3) is 0 Å². The fourth-order valence-corrected chi connectivity index (χ4v) is 4.08. The van der Waals surface area contributed by atoms with Gasteiger partial charge in [0.1, 0.15) is 6.23 Å². The zero-order chi connectivity index (χ0) is 13.2. The molecule has 2 heterocycles. The molecule has 2 aliphatic heterocycles. The van der Waals surface area contributed by atoms with Gasteiger partial charge in [0.05, 0.1) is 6.54 Å². The molecule has 1 saturated heterocycles. The zero-order valence-corrected chi connectivity index (χ0v) is 11.9. The highest BCUT2D eigenvalue weighted by atomic mass is 32.2. The third-order valence-corrected chi connectivity index (χ3v) is 5.25. The summed E-state index contributed by atoms with van der Waals surface area (Å²) in [6.07, 6.45) is -0.459. The Labute approximate surface area is 120 Å². The number of hydrogen-bond donors (Lipinski definition) is 1. The van der Waals surface area contributed by atoms with Crippen molar-refractivity contribution >= 4 is 33.8 Å². The minimum absolute atomic E-state index is 0.0746. The first-order chi connectivity index (χ1) is 9.24. The molecule has 19 heavy (non-hydrogen) atoms. The predicted octanol–water partition coefficient (Wildman–Crippen LogP) is 1.67. The van der Waals surface area contributed by atoms with Crippen LogP contribution in [0.3, 0.4) is 0 Å². The number of aliphatic imine (C=N–C) groups is 1. The maximum atomic E-state index is 12.1. The van der Waals surface area contributed by atoms with E-state index in [9.17, 15) is 9.90 Å². The molecule has 2 aliphatic rings. The smallest absolute Gasteiger partial charge is 0.219 e. The van der Waals surface area contributed by atoms with E-state index in [1.165, 1.54) is 11.8 Å². The second-order valence-electron chi connectivity index (χ2n) is 4.46. The summed E-state index contributed by atoms with van der Waals surface area (Å²) in [5.41, 5.74) is 0.721. The summed E-state index contributed by atoms with van der Waals surface area (Å²) in [6.45, 7) is 1.34. The molecule has 1 aromatic carbocycles. The van der Waals surface area contributed by atoms with Gasteiger partial charge in [-0.25, -0.2) is 0 Å². The quantitative estimate of drug-likeness (QED) is 0.899. The topological polar surface area (TPSA) is 52.9 Å². The molecular formula is C13H14N2O2S2. The molecule has 0 aliphatic carbocycles. The minimum atomic E-state index is -0.459. The molecule has 0 aromatic heterocycles. The van der Waals surface area contributed by atoms with E-state index in [1.807, 2.05) is 35.2 Å². The number of fused-ring (bicyclic) bond motifs is 1. The van der Waals surface area contributed by atoms with E-state index in [4.69, 9.17) is 0 Å². The van der Waals surface area contributed by atoms with Gasteiger partial charge in [0.2, 0.25) is 5.12 Å². The van der Waals surface area contributed by atoms with Crippen LogP contribution in [0.15, 0.2) is 35.3 Å². The molecule has 6 heteroatoms. The van der Waals surface area contributed by atoms with Crippen LogP contribution < -0.4 is 0 Å². The Morgan fingerprint density at radius 3 is 3.00 bits per heavy atom. The first-order valence-electron chi connectivity index (χ1n) is 6.12. The standard InChI is InChI=1S/C13H14N2O2S2/c16-11-8-18-13-14-6-10(7-15(11)13)19-12(17)9-4-2-1-3-5-9/h1-5,10-11,16H,6-8H2. The summed E-state index contributed by atoms with van der Waals surface area (Å²) >= 11 is 2.90. The molecule has 0 spiro atoms. The van der Waals surface area contributed by atoms with E-state index in [1.54, 1.807) is 11.8 Å². The van der Waals surface area contributed by atoms with Gasteiger partial charge >= 0.3 is 0 Å². The van der Waals surface area contributed by atoms with Crippen LogP contribution in [0, 0.1) is 0 Å². The lowest BCUT2D eigenvalue weighted by Gasteiger charge is -2.30. The minimum Gasteiger partial charge on any atom is -0.373 e. The van der Waals surface area contributed by atoms with E-state index in [0.29, 0.717) is 18.8 Å². The normalized spacial score (nSPS) is 25.9. The summed E-state index contributed by atoms with van der Waals surface area (Å²) in [7, 11) is 0. The molecule has 1 fully saturated rings. The molecule has 1 N–H and O–H groups in total. The maximum Gasteiger partial charge on any atom is 0.219 e. The van der Waals surface area contributed by atoms with E-state index < -0.39 is 6.23 Å². The van der Waals surface area contributed by atoms with Crippen LogP contribution in [-0.2, 0) is 0 Å². The van der Waals surface area contributed by atoms with Gasteiger partial charge in [-0.05, 0) is 0 Å². The van der Waals surface area contributed by atoms with Gasteiger partial charge in [-0.1, -0.05) is 53.9 Å². The molecule has 2 atom stereocenters. The molecule has 0 radical (unpaired) electrons. The van der Waals surface area contributed by atoms with Crippen LogP contribution in [0.1, 0.15) is 10.4 Å². The highest BCUT2D eigenvalue weighted by molar-refractivity contribution is 8.15. The lowest BCUT2D eigenvalue weighted by molar-refractivity contribution is 0.0803. The Morgan fingerprint density at radius 2 is 2.21 bits per heavy atom. The average molecular weight is 294 g/mol. The van der Waals surface area contributed by atoms with Crippen molar-refractivity contribution in [2.24, 2.45) is 4.99 Å². The van der Waals surface area contributed by atoms with Crippen LogP contribution in [-0.4, -0.2) is 50.6 Å². The number of aliphatic hydroxyl groups is 1. The van der Waals surface area contributed by atoms with Crippen molar-refractivity contribution in [2.45, 2.75) is 11.5 Å². The van der Waals surface area contributed by atoms with Gasteiger partial charge in [0, 0.05) is 23.1 Å². The lowest BCUT2D eigenvalue weighted by Crippen LogP contribution is -2.43. The summed E-state index contributed by atoms with van der Waals surface area (Å²) < 4.78 is 0. The van der Waals surface area contributed by atoms with Gasteiger partial charge < -0.3 is 10.0 Å². The highest BCUT2D eigenvalue weighted by Gasteiger charge is 2.34. The monoisotopic (exact) mass is 294 g/mol. The number of thioether (sulfide) groups is 2. The van der Waals surface area contributed by atoms with Crippen molar-refractivity contribution in [2.75, 3.05) is 18.8 Å². The van der Waals surface area contributed by atoms with Gasteiger partial charge in [-0.3, -0.25) is 9.79 Å². The second kappa shape index (κ2) is 5.56. The Morgan fingerprint density at radius 1 is 1.42 bits per heavy atom. The first kappa shape index (κ1) is 13.0. The number of carbonyl (C=O) groups excluding carboxylic acids is 1. The molecule has 0 amide bonds. The van der Waals surface area contributed by atoms with Crippen LogP contribution in [0.4, 0.5) is 0 Å². The van der Waals surface area contributed by atoms with Crippen molar-refractivity contribution in [3.8, 4) is 0 Å². The van der Waals surface area contributed by atoms with Crippen LogP contribution in [0.2, 0.25) is 0 Å². The first-order valence-corrected chi connectivity index (χ1v) is 7.98. The molecule has 0 bridgehead atoms. The third kappa shape index (κ3) is 2.80. The van der Waals surface area contributed by atoms with Crippen LogP contribution in [0.25, 0.3) is 0 Å². The largest absolute Gasteiger partial charge is 0.373 e. The van der Waals surface area contributed by atoms with Crippen molar-refractivity contribution in [1.82, 2.24) is 4.90 Å². The van der Waals surface area contributed by atoms with Crippen molar-refractivity contribution in [3.05, 3.63) is 35.9 Å². The lowest BCUT2D eigenvalue weighted by atomic mass is 10.2. The Hall–Kier alpha value is -0.980. The molecule has 4 nitrogen and oxygen atoms in total. The molecule has 3 rings (SSSR count). The number of rotatable bonds is 2. The fourth-order valence-electron chi connectivity index (χ4n) is 2.11. The van der Waals surface area contributed by atoms with Gasteiger partial charge in [-0.15, -0.1) is 0 Å². The van der Waals surface area contributed by atoms with E-state index in [0.717, 1.165) is 10.7 Å². The molecule has 100 valence electrons. The fraction of sp³-hybridized carbons (Fsp3) is 0.385. The number of amidine groups is 1. The maximum absolute atomic E-state index is 12.1. The highest BCUT2D eigenvalue weighted by Crippen LogP contribution is 2.30. The molecular weight excluding hydrogens is 280 g/mol. The second-order valence-corrected chi connectivity index (χ2v) is 6.72. The summed E-state index contributed by atoms with van der Waals surface area (Å²) in [6, 6.07) is 9.29. The number of benzene rings is 1.